The maximum absolute atomic E-state index is 12.9. The van der Waals surface area contributed by atoms with Gasteiger partial charge in [-0.05, 0) is 43.3 Å². The van der Waals surface area contributed by atoms with E-state index >= 15 is 0 Å². The normalized spacial score (nSPS) is 13.9. The molecule has 1 heterocycles. The van der Waals surface area contributed by atoms with Crippen molar-refractivity contribution in [1.82, 2.24) is 0 Å². The van der Waals surface area contributed by atoms with Gasteiger partial charge < -0.3 is 20.3 Å². The average Bonchev–Trinajstić information content (AvgIpc) is 2.73. The van der Waals surface area contributed by atoms with Crippen LogP contribution < -0.4 is 25.2 Å². The number of carbonyl (C=O) groups is 3. The number of ether oxygens (including phenoxy) is 1. The van der Waals surface area contributed by atoms with Gasteiger partial charge >= 0.3 is 0 Å². The first-order chi connectivity index (χ1) is 14.0. The molecule has 3 rings (SSSR count). The molecule has 0 saturated heterocycles. The second kappa shape index (κ2) is 9.20. The molecule has 0 spiro atoms. The molecule has 0 fully saturated rings. The zero-order valence-corrected chi connectivity index (χ0v) is 16.5. The molecule has 3 amide bonds. The number of likely N-dealkylation sites (N-methyl/N-ethyl adjacent to an activating group) is 1. The maximum Gasteiger partial charge on any atom is 0.282 e. The number of nitrogens with one attached hydrogen (secondary N) is 3. The van der Waals surface area contributed by atoms with Crippen LogP contribution in [0.15, 0.2) is 48.5 Å². The molecule has 0 bridgehead atoms. The van der Waals surface area contributed by atoms with Crippen molar-refractivity contribution in [2.45, 2.75) is 6.92 Å². The third-order valence-electron chi connectivity index (χ3n) is 4.76. The molecule has 1 unspecified atom stereocenters. The van der Waals surface area contributed by atoms with E-state index in [1.807, 2.05) is 13.0 Å². The molecule has 1 atom stereocenters. The first-order valence-electron chi connectivity index (χ1n) is 9.47. The van der Waals surface area contributed by atoms with Crippen LogP contribution in [0, 0.1) is 0 Å². The molecule has 152 valence electrons. The second-order valence-electron chi connectivity index (χ2n) is 6.78. The highest BCUT2D eigenvalue weighted by Crippen LogP contribution is 2.28. The Morgan fingerprint density at radius 1 is 1.14 bits per heavy atom. The third-order valence-corrected chi connectivity index (χ3v) is 4.76. The van der Waals surface area contributed by atoms with E-state index in [1.165, 1.54) is 4.90 Å². The molecule has 2 aromatic rings. The van der Waals surface area contributed by atoms with Crippen LogP contribution >= 0.6 is 0 Å². The van der Waals surface area contributed by atoms with E-state index in [2.05, 4.69) is 10.6 Å². The van der Waals surface area contributed by atoms with Crippen molar-refractivity contribution in [3.63, 3.8) is 0 Å². The minimum Gasteiger partial charge on any atom is -0.497 e. The highest BCUT2D eigenvalue weighted by atomic mass is 16.5. The average molecular weight is 397 g/mol. The van der Waals surface area contributed by atoms with Crippen molar-refractivity contribution in [3.05, 3.63) is 48.5 Å². The zero-order chi connectivity index (χ0) is 20.8. The summed E-state index contributed by atoms with van der Waals surface area (Å²) >= 11 is 0. The molecule has 8 nitrogen and oxygen atoms in total. The molecule has 1 aliphatic heterocycles. The molecular weight excluding hydrogens is 372 g/mol. The summed E-state index contributed by atoms with van der Waals surface area (Å²) in [6, 6.07) is 14.2. The number of carbonyl (C=O) groups excluding carboxylic acids is 3. The van der Waals surface area contributed by atoms with Crippen LogP contribution in [0.5, 0.6) is 5.75 Å². The Bertz CT molecular complexity index is 898. The number of benzene rings is 2. The van der Waals surface area contributed by atoms with Crippen molar-refractivity contribution in [2.75, 3.05) is 48.8 Å². The predicted octanol–water partition coefficient (Wildman–Crippen LogP) is 0.524. The van der Waals surface area contributed by atoms with Crippen LogP contribution in [-0.2, 0) is 14.4 Å². The number of anilines is 3. The van der Waals surface area contributed by atoms with Gasteiger partial charge in [-0.25, -0.2) is 0 Å². The molecule has 0 aliphatic carbocycles. The zero-order valence-electron chi connectivity index (χ0n) is 16.5. The van der Waals surface area contributed by atoms with Gasteiger partial charge in [0.05, 0.1) is 25.0 Å². The number of fused-ring (bicyclic) bond motifs is 1. The monoisotopic (exact) mass is 397 g/mol. The Hall–Kier alpha value is -3.39. The first-order valence-corrected chi connectivity index (χ1v) is 9.47. The Morgan fingerprint density at radius 2 is 1.86 bits per heavy atom. The quantitative estimate of drug-likeness (QED) is 0.635. The van der Waals surface area contributed by atoms with Crippen LogP contribution in [0.3, 0.4) is 0 Å². The van der Waals surface area contributed by atoms with E-state index in [-0.39, 0.29) is 37.4 Å². The summed E-state index contributed by atoms with van der Waals surface area (Å²) in [6.45, 7) is 2.76. The lowest BCUT2D eigenvalue weighted by atomic mass is 10.2. The molecule has 0 aromatic heterocycles. The molecule has 2 aromatic carbocycles. The summed E-state index contributed by atoms with van der Waals surface area (Å²) in [6.07, 6.45) is 0. The fourth-order valence-electron chi connectivity index (χ4n) is 3.18. The van der Waals surface area contributed by atoms with Gasteiger partial charge in [0.1, 0.15) is 12.3 Å². The molecule has 3 N–H and O–H groups in total. The Kier molecular flexibility index (Phi) is 6.46. The summed E-state index contributed by atoms with van der Waals surface area (Å²) in [5.41, 5.74) is 1.96. The van der Waals surface area contributed by atoms with Gasteiger partial charge in [-0.1, -0.05) is 12.1 Å². The lowest BCUT2D eigenvalue weighted by Crippen LogP contribution is -3.14. The number of rotatable bonds is 7. The SMILES string of the molecule is CC[NH+](CC(=O)Nc1ccc(OC)cc1)CC(=O)N1CC(=O)Nc2ccccc21. The summed E-state index contributed by atoms with van der Waals surface area (Å²) in [7, 11) is 1.58. The Balaban J connectivity index is 1.61. The minimum absolute atomic E-state index is 0.0229. The topological polar surface area (TPSA) is 92.2 Å². The van der Waals surface area contributed by atoms with Crippen molar-refractivity contribution < 1.29 is 24.0 Å². The number of nitrogens with zero attached hydrogens (tertiary/aromatic N) is 1. The van der Waals surface area contributed by atoms with E-state index in [0.29, 0.717) is 29.4 Å². The lowest BCUT2D eigenvalue weighted by molar-refractivity contribution is -0.881. The second-order valence-corrected chi connectivity index (χ2v) is 6.78. The lowest BCUT2D eigenvalue weighted by Gasteiger charge is -2.30. The Morgan fingerprint density at radius 3 is 2.55 bits per heavy atom. The largest absolute Gasteiger partial charge is 0.497 e. The predicted molar refractivity (Wildman–Crippen MR) is 110 cm³/mol. The fraction of sp³-hybridized carbons (Fsp3) is 0.286. The number of hydrogen-bond acceptors (Lipinski definition) is 4. The molecule has 8 heteroatoms. The molecular formula is C21H25N4O4+. The van der Waals surface area contributed by atoms with Crippen molar-refractivity contribution >= 4 is 34.8 Å². The summed E-state index contributed by atoms with van der Waals surface area (Å²) in [5, 5.41) is 5.60. The smallest absolute Gasteiger partial charge is 0.282 e. The van der Waals surface area contributed by atoms with Crippen molar-refractivity contribution in [1.29, 1.82) is 0 Å². The minimum atomic E-state index is -0.229. The van der Waals surface area contributed by atoms with Crippen molar-refractivity contribution in [3.8, 4) is 5.75 Å². The van der Waals surface area contributed by atoms with Crippen LogP contribution in [-0.4, -0.2) is 51.0 Å². The van der Waals surface area contributed by atoms with E-state index < -0.39 is 0 Å². The number of methoxy groups -OCH3 is 1. The van der Waals surface area contributed by atoms with E-state index in [4.69, 9.17) is 4.74 Å². The van der Waals surface area contributed by atoms with Gasteiger partial charge in [0.25, 0.3) is 11.8 Å². The van der Waals surface area contributed by atoms with E-state index in [0.717, 1.165) is 4.90 Å². The van der Waals surface area contributed by atoms with Gasteiger partial charge in [0, 0.05) is 5.69 Å². The van der Waals surface area contributed by atoms with Gasteiger partial charge in [-0.2, -0.15) is 0 Å². The third kappa shape index (κ3) is 5.11. The Labute approximate surface area is 169 Å². The van der Waals surface area contributed by atoms with Crippen LogP contribution in [0.4, 0.5) is 17.1 Å². The van der Waals surface area contributed by atoms with E-state index in [1.54, 1.807) is 49.6 Å². The first kappa shape index (κ1) is 20.3. The molecule has 0 radical (unpaired) electrons. The van der Waals surface area contributed by atoms with Gasteiger partial charge in [-0.3, -0.25) is 19.3 Å². The van der Waals surface area contributed by atoms with E-state index in [9.17, 15) is 14.4 Å². The number of amides is 3. The van der Waals surface area contributed by atoms with Crippen molar-refractivity contribution in [2.24, 2.45) is 0 Å². The highest BCUT2D eigenvalue weighted by Gasteiger charge is 2.29. The number of para-hydroxylation sites is 2. The number of hydrogen-bond donors (Lipinski definition) is 3. The number of quaternary nitrogens is 1. The molecule has 1 aliphatic rings. The highest BCUT2D eigenvalue weighted by molar-refractivity contribution is 6.10. The summed E-state index contributed by atoms with van der Waals surface area (Å²) in [5.74, 6) is 0.102. The molecule has 0 saturated carbocycles. The van der Waals surface area contributed by atoms with Gasteiger partial charge in [-0.15, -0.1) is 0 Å². The summed E-state index contributed by atoms with van der Waals surface area (Å²) < 4.78 is 5.10. The van der Waals surface area contributed by atoms with Crippen LogP contribution in [0.25, 0.3) is 0 Å². The van der Waals surface area contributed by atoms with Gasteiger partial charge in [0.15, 0.2) is 13.1 Å². The fourth-order valence-corrected chi connectivity index (χ4v) is 3.18. The molecule has 29 heavy (non-hydrogen) atoms. The van der Waals surface area contributed by atoms with Gasteiger partial charge in [0.2, 0.25) is 5.91 Å². The van der Waals surface area contributed by atoms with Crippen LogP contribution in [0.1, 0.15) is 6.92 Å². The maximum atomic E-state index is 12.9. The standard InChI is InChI=1S/C21H24N4O4/c1-3-24(12-19(26)22-15-8-10-16(29-2)11-9-15)14-21(28)25-13-20(27)23-17-6-4-5-7-18(17)25/h4-11H,3,12-14H2,1-2H3,(H,22,26)(H,23,27)/p+1. The summed E-state index contributed by atoms with van der Waals surface area (Å²) in [4.78, 5) is 39.5. The van der Waals surface area contributed by atoms with Crippen LogP contribution in [0.2, 0.25) is 0 Å².